The number of ether oxygens (including phenoxy) is 1. The van der Waals surface area contributed by atoms with Gasteiger partial charge < -0.3 is 20.3 Å². The average molecular weight is 550 g/mol. The molecule has 1 aliphatic heterocycles. The van der Waals surface area contributed by atoms with Crippen LogP contribution >= 0.6 is 24.0 Å². The van der Waals surface area contributed by atoms with E-state index in [0.29, 0.717) is 25.5 Å². The Kier molecular flexibility index (Phi) is 11.3. The van der Waals surface area contributed by atoms with Gasteiger partial charge in [0.15, 0.2) is 5.96 Å². The number of rotatable bonds is 10. The second-order valence-corrected chi connectivity index (χ2v) is 7.80. The minimum absolute atomic E-state index is 0. The molecule has 6 nitrogen and oxygen atoms in total. The summed E-state index contributed by atoms with van der Waals surface area (Å²) in [6, 6.07) is 18.4. The molecule has 1 saturated heterocycles. The molecule has 32 heavy (non-hydrogen) atoms. The summed E-state index contributed by atoms with van der Waals surface area (Å²) in [6.07, 6.45) is 1.50. The van der Waals surface area contributed by atoms with Crippen LogP contribution in [0.5, 0.6) is 5.75 Å². The topological polar surface area (TPSA) is 66.0 Å². The summed E-state index contributed by atoms with van der Waals surface area (Å²) in [5.74, 6) is 2.19. The zero-order chi connectivity index (χ0) is 21.9. The van der Waals surface area contributed by atoms with Gasteiger partial charge in [0.25, 0.3) is 0 Å². The van der Waals surface area contributed by atoms with Crippen molar-refractivity contribution in [3.8, 4) is 5.75 Å². The van der Waals surface area contributed by atoms with Crippen LogP contribution in [0, 0.1) is 5.92 Å². The van der Waals surface area contributed by atoms with E-state index in [1.54, 1.807) is 0 Å². The number of hydrogen-bond donors (Lipinski definition) is 2. The minimum atomic E-state index is 0. The third-order valence-electron chi connectivity index (χ3n) is 5.34. The number of hydrogen-bond acceptors (Lipinski definition) is 3. The first kappa shape index (κ1) is 26.0. The van der Waals surface area contributed by atoms with E-state index in [-0.39, 0.29) is 29.9 Å². The first-order chi connectivity index (χ1) is 15.2. The highest BCUT2D eigenvalue weighted by molar-refractivity contribution is 14.0. The molecule has 1 aliphatic rings. The number of nitrogens with one attached hydrogen (secondary N) is 2. The lowest BCUT2D eigenvalue weighted by molar-refractivity contribution is -0.127. The number of guanidine groups is 1. The molecule has 1 amide bonds. The molecule has 2 aromatic rings. The lowest BCUT2D eigenvalue weighted by atomic mass is 10.1. The van der Waals surface area contributed by atoms with E-state index in [1.165, 1.54) is 5.56 Å². The van der Waals surface area contributed by atoms with Crippen molar-refractivity contribution in [3.05, 3.63) is 65.7 Å². The van der Waals surface area contributed by atoms with Gasteiger partial charge in [-0.15, -0.1) is 24.0 Å². The smallest absolute Gasteiger partial charge is 0.223 e. The molecule has 0 radical (unpaired) electrons. The Hall–Kier alpha value is -2.29. The van der Waals surface area contributed by atoms with E-state index in [4.69, 9.17) is 9.73 Å². The van der Waals surface area contributed by atoms with Crippen LogP contribution in [0.2, 0.25) is 0 Å². The van der Waals surface area contributed by atoms with E-state index in [9.17, 15) is 4.79 Å². The molecule has 7 heteroatoms. The zero-order valence-electron chi connectivity index (χ0n) is 19.0. The highest BCUT2D eigenvalue weighted by Crippen LogP contribution is 2.18. The molecule has 0 bridgehead atoms. The van der Waals surface area contributed by atoms with E-state index < -0.39 is 0 Å². The van der Waals surface area contributed by atoms with Gasteiger partial charge in [-0.05, 0) is 43.5 Å². The van der Waals surface area contributed by atoms with E-state index in [2.05, 4.69) is 35.8 Å². The van der Waals surface area contributed by atoms with Crippen molar-refractivity contribution in [1.82, 2.24) is 15.5 Å². The summed E-state index contributed by atoms with van der Waals surface area (Å²) in [4.78, 5) is 19.1. The molecule has 1 fully saturated rings. The van der Waals surface area contributed by atoms with Crippen molar-refractivity contribution < 1.29 is 9.53 Å². The average Bonchev–Trinajstić information content (AvgIpc) is 3.15. The molecule has 174 valence electrons. The molecule has 1 unspecified atom stereocenters. The SMILES string of the molecule is CCNC(=NCc1cccc(OCC)c1)NCC1CC(=O)N(CCc2ccccc2)C1.I. The quantitative estimate of drug-likeness (QED) is 0.268. The molecule has 0 aromatic heterocycles. The number of carbonyl (C=O) groups is 1. The van der Waals surface area contributed by atoms with E-state index >= 15 is 0 Å². The highest BCUT2D eigenvalue weighted by Gasteiger charge is 2.29. The van der Waals surface area contributed by atoms with Gasteiger partial charge in [0.2, 0.25) is 5.91 Å². The number of carbonyl (C=O) groups excluding carboxylic acids is 1. The van der Waals surface area contributed by atoms with Crippen LogP contribution < -0.4 is 15.4 Å². The third kappa shape index (κ3) is 8.33. The largest absolute Gasteiger partial charge is 0.494 e. The van der Waals surface area contributed by atoms with Crippen LogP contribution in [0.15, 0.2) is 59.6 Å². The maximum atomic E-state index is 12.4. The van der Waals surface area contributed by atoms with Gasteiger partial charge >= 0.3 is 0 Å². The van der Waals surface area contributed by atoms with Gasteiger partial charge in [0.1, 0.15) is 5.75 Å². The molecule has 1 atom stereocenters. The maximum absolute atomic E-state index is 12.4. The number of aliphatic imine (C=N–C) groups is 1. The number of likely N-dealkylation sites (tertiary alicyclic amines) is 1. The van der Waals surface area contributed by atoms with Crippen LogP contribution in [0.25, 0.3) is 0 Å². The summed E-state index contributed by atoms with van der Waals surface area (Å²) < 4.78 is 5.57. The molecule has 3 rings (SSSR count). The lowest BCUT2D eigenvalue weighted by Crippen LogP contribution is -2.40. The molecule has 2 N–H and O–H groups in total. The fourth-order valence-corrected chi connectivity index (χ4v) is 3.77. The summed E-state index contributed by atoms with van der Waals surface area (Å²) in [5.41, 5.74) is 2.37. The Morgan fingerprint density at radius 2 is 1.88 bits per heavy atom. The Labute approximate surface area is 208 Å². The van der Waals surface area contributed by atoms with Gasteiger partial charge in [0.05, 0.1) is 13.2 Å². The van der Waals surface area contributed by atoms with E-state index in [1.807, 2.05) is 48.2 Å². The number of amides is 1. The number of nitrogens with zero attached hydrogens (tertiary/aromatic N) is 2. The first-order valence-corrected chi connectivity index (χ1v) is 11.2. The molecule has 2 aromatic carbocycles. The molecular formula is C25H35IN4O2. The van der Waals surface area contributed by atoms with Gasteiger partial charge in [-0.2, -0.15) is 0 Å². The third-order valence-corrected chi connectivity index (χ3v) is 5.34. The van der Waals surface area contributed by atoms with E-state index in [0.717, 1.165) is 49.9 Å². The predicted octanol–water partition coefficient (Wildman–Crippen LogP) is 3.85. The van der Waals surface area contributed by atoms with Crippen LogP contribution in [0.3, 0.4) is 0 Å². The summed E-state index contributed by atoms with van der Waals surface area (Å²) in [5, 5.41) is 6.71. The Balaban J connectivity index is 0.00000363. The van der Waals surface area contributed by atoms with Crippen molar-refractivity contribution in [1.29, 1.82) is 0 Å². The summed E-state index contributed by atoms with van der Waals surface area (Å²) in [6.45, 7) is 8.36. The highest BCUT2D eigenvalue weighted by atomic mass is 127. The van der Waals surface area contributed by atoms with Gasteiger partial charge in [-0.3, -0.25) is 4.79 Å². The van der Waals surface area contributed by atoms with Crippen molar-refractivity contribution >= 4 is 35.8 Å². The zero-order valence-corrected chi connectivity index (χ0v) is 21.4. The van der Waals surface area contributed by atoms with Crippen molar-refractivity contribution in [2.45, 2.75) is 33.2 Å². The number of halogens is 1. The molecule has 0 aliphatic carbocycles. The minimum Gasteiger partial charge on any atom is -0.494 e. The van der Waals surface area contributed by atoms with Gasteiger partial charge in [-0.25, -0.2) is 4.99 Å². The van der Waals surface area contributed by atoms with Crippen LogP contribution in [-0.4, -0.2) is 49.6 Å². The summed E-state index contributed by atoms with van der Waals surface area (Å²) >= 11 is 0. The van der Waals surface area contributed by atoms with Crippen LogP contribution in [0.1, 0.15) is 31.4 Å². The van der Waals surface area contributed by atoms with Crippen molar-refractivity contribution in [3.63, 3.8) is 0 Å². The second-order valence-electron chi connectivity index (χ2n) is 7.80. The fourth-order valence-electron chi connectivity index (χ4n) is 3.77. The Bertz CT molecular complexity index is 860. The summed E-state index contributed by atoms with van der Waals surface area (Å²) in [7, 11) is 0. The number of benzene rings is 2. The first-order valence-electron chi connectivity index (χ1n) is 11.2. The van der Waals surface area contributed by atoms with Gasteiger partial charge in [-0.1, -0.05) is 42.5 Å². The molecule has 0 saturated carbocycles. The standard InChI is InChI=1S/C25H34N4O2.HI/c1-3-26-25(27-17-21-11-8-12-23(15-21)31-4-2)28-18-22-16-24(30)29(19-22)14-13-20-9-6-5-7-10-20;/h5-12,15,22H,3-4,13-14,16-19H2,1-2H3,(H2,26,27,28);1H. The normalized spacial score (nSPS) is 15.9. The molecule has 1 heterocycles. The van der Waals surface area contributed by atoms with Crippen LogP contribution in [0.4, 0.5) is 0 Å². The van der Waals surface area contributed by atoms with Gasteiger partial charge in [0, 0.05) is 38.5 Å². The maximum Gasteiger partial charge on any atom is 0.223 e. The predicted molar refractivity (Wildman–Crippen MR) is 141 cm³/mol. The van der Waals surface area contributed by atoms with Crippen molar-refractivity contribution in [2.24, 2.45) is 10.9 Å². The molecule has 0 spiro atoms. The Morgan fingerprint density at radius 1 is 1.09 bits per heavy atom. The monoisotopic (exact) mass is 550 g/mol. The Morgan fingerprint density at radius 3 is 2.62 bits per heavy atom. The second kappa shape index (κ2) is 14.0. The van der Waals surface area contributed by atoms with Crippen molar-refractivity contribution in [2.75, 3.05) is 32.8 Å². The molecular weight excluding hydrogens is 515 g/mol. The lowest BCUT2D eigenvalue weighted by Gasteiger charge is -2.18. The van der Waals surface area contributed by atoms with Crippen LogP contribution in [-0.2, 0) is 17.8 Å². The fraction of sp³-hybridized carbons (Fsp3) is 0.440.